The van der Waals surface area contributed by atoms with Gasteiger partial charge in [0.15, 0.2) is 0 Å². The predicted octanol–water partition coefficient (Wildman–Crippen LogP) is 3.48. The number of fused-ring (bicyclic) bond motifs is 3. The number of hydrogen-bond donors (Lipinski definition) is 2. The van der Waals surface area contributed by atoms with Crippen molar-refractivity contribution in [2.75, 3.05) is 50.6 Å². The molecule has 28 heavy (non-hydrogen) atoms. The van der Waals surface area contributed by atoms with Crippen molar-refractivity contribution in [1.82, 2.24) is 15.1 Å². The quantitative estimate of drug-likeness (QED) is 0.572. The Bertz CT molecular complexity index is 1000. The van der Waals surface area contributed by atoms with E-state index in [1.165, 1.54) is 22.4 Å². The summed E-state index contributed by atoms with van der Waals surface area (Å²) in [5.41, 5.74) is 7.20. The van der Waals surface area contributed by atoms with Gasteiger partial charge < -0.3 is 19.9 Å². The van der Waals surface area contributed by atoms with Gasteiger partial charge in [-0.05, 0) is 36.9 Å². The first kappa shape index (κ1) is 17.1. The van der Waals surface area contributed by atoms with E-state index in [0.717, 1.165) is 55.5 Å². The summed E-state index contributed by atoms with van der Waals surface area (Å²) < 4.78 is 5.32. The molecule has 2 heterocycles. The number of benzene rings is 2. The van der Waals surface area contributed by atoms with Crippen LogP contribution in [0.15, 0.2) is 42.5 Å². The molecular weight excluding hydrogens is 350 g/mol. The highest BCUT2D eigenvalue weighted by atomic mass is 16.5. The Labute approximate surface area is 165 Å². The largest absolute Gasteiger partial charge is 0.497 e. The van der Waals surface area contributed by atoms with E-state index in [1.807, 2.05) is 24.3 Å². The summed E-state index contributed by atoms with van der Waals surface area (Å²) in [5, 5.41) is 11.2. The topological polar surface area (TPSA) is 56.4 Å². The van der Waals surface area contributed by atoms with E-state index in [4.69, 9.17) is 4.74 Å². The van der Waals surface area contributed by atoms with Crippen LogP contribution >= 0.6 is 0 Å². The zero-order valence-corrected chi connectivity index (χ0v) is 16.3. The second-order valence-electron chi connectivity index (χ2n) is 7.59. The van der Waals surface area contributed by atoms with E-state index in [0.29, 0.717) is 0 Å². The molecule has 144 valence electrons. The molecule has 1 aliphatic heterocycles. The van der Waals surface area contributed by atoms with Crippen molar-refractivity contribution in [3.8, 4) is 17.0 Å². The Morgan fingerprint density at radius 1 is 1.07 bits per heavy atom. The molecule has 1 aliphatic carbocycles. The Hall–Kier alpha value is -2.99. The average Bonchev–Trinajstić information content (AvgIpc) is 3.28. The van der Waals surface area contributed by atoms with Crippen LogP contribution < -0.4 is 15.0 Å². The number of hydrogen-bond acceptors (Lipinski definition) is 5. The summed E-state index contributed by atoms with van der Waals surface area (Å²) >= 11 is 0. The van der Waals surface area contributed by atoms with E-state index in [2.05, 4.69) is 50.6 Å². The number of nitrogens with one attached hydrogen (secondary N) is 2. The maximum absolute atomic E-state index is 5.32. The molecule has 5 rings (SSSR count). The standard InChI is InChI=1S/C22H25N5O/c1-26-8-10-27(11-9-26)17-6-7-19-15(12-17)13-20-21(19)24-25-22(20)23-16-4-3-5-18(14-16)28-2/h3-7,12,14H,8-11,13H2,1-2H3,(H2,23,24,25). The Morgan fingerprint density at radius 3 is 2.75 bits per heavy atom. The van der Waals surface area contributed by atoms with Crippen molar-refractivity contribution in [3.05, 3.63) is 53.6 Å². The van der Waals surface area contributed by atoms with Crippen LogP contribution in [-0.4, -0.2) is 55.4 Å². The van der Waals surface area contributed by atoms with Gasteiger partial charge in [-0.15, -0.1) is 0 Å². The molecule has 0 unspecified atom stereocenters. The zero-order chi connectivity index (χ0) is 19.1. The van der Waals surface area contributed by atoms with Gasteiger partial charge in [-0.3, -0.25) is 5.10 Å². The van der Waals surface area contributed by atoms with Crippen LogP contribution in [0.1, 0.15) is 11.1 Å². The molecule has 0 spiro atoms. The van der Waals surface area contributed by atoms with Crippen LogP contribution in [-0.2, 0) is 6.42 Å². The van der Waals surface area contributed by atoms with Gasteiger partial charge in [0.25, 0.3) is 0 Å². The van der Waals surface area contributed by atoms with Gasteiger partial charge >= 0.3 is 0 Å². The molecule has 3 aromatic rings. The summed E-state index contributed by atoms with van der Waals surface area (Å²) in [6, 6.07) is 14.8. The van der Waals surface area contributed by atoms with Crippen molar-refractivity contribution in [3.63, 3.8) is 0 Å². The molecule has 2 N–H and O–H groups in total. The highest BCUT2D eigenvalue weighted by molar-refractivity contribution is 5.81. The smallest absolute Gasteiger partial charge is 0.130 e. The van der Waals surface area contributed by atoms with Gasteiger partial charge in [0.1, 0.15) is 11.6 Å². The van der Waals surface area contributed by atoms with Gasteiger partial charge in [0, 0.05) is 61.2 Å². The van der Waals surface area contributed by atoms with Crippen LogP contribution in [0, 0.1) is 0 Å². The van der Waals surface area contributed by atoms with Crippen molar-refractivity contribution in [2.24, 2.45) is 0 Å². The third kappa shape index (κ3) is 2.99. The van der Waals surface area contributed by atoms with Crippen LogP contribution in [0.2, 0.25) is 0 Å². The number of aromatic amines is 1. The maximum atomic E-state index is 5.32. The van der Waals surface area contributed by atoms with Crippen LogP contribution in [0.25, 0.3) is 11.3 Å². The summed E-state index contributed by atoms with van der Waals surface area (Å²) in [7, 11) is 3.87. The number of likely N-dealkylation sites (N-methyl/N-ethyl adjacent to an activating group) is 1. The molecule has 1 aromatic heterocycles. The normalized spacial score (nSPS) is 16.0. The third-order valence-corrected chi connectivity index (χ3v) is 5.79. The summed E-state index contributed by atoms with van der Waals surface area (Å²) in [4.78, 5) is 4.87. The molecular formula is C22H25N5O. The molecule has 1 fully saturated rings. The first-order chi connectivity index (χ1) is 13.7. The van der Waals surface area contributed by atoms with Crippen molar-refractivity contribution >= 4 is 17.2 Å². The number of H-pyrrole nitrogens is 1. The van der Waals surface area contributed by atoms with Gasteiger partial charge in [-0.1, -0.05) is 12.1 Å². The third-order valence-electron chi connectivity index (χ3n) is 5.79. The fourth-order valence-corrected chi connectivity index (χ4v) is 4.12. The van der Waals surface area contributed by atoms with Gasteiger partial charge in [0.05, 0.1) is 12.8 Å². The molecule has 1 saturated heterocycles. The van der Waals surface area contributed by atoms with Crippen molar-refractivity contribution < 1.29 is 4.74 Å². The van der Waals surface area contributed by atoms with Crippen LogP contribution in [0.4, 0.5) is 17.2 Å². The van der Waals surface area contributed by atoms with Gasteiger partial charge in [-0.2, -0.15) is 5.10 Å². The van der Waals surface area contributed by atoms with Gasteiger partial charge in [0.2, 0.25) is 0 Å². The molecule has 2 aromatic carbocycles. The van der Waals surface area contributed by atoms with E-state index in [-0.39, 0.29) is 0 Å². The number of aromatic nitrogens is 2. The summed E-state index contributed by atoms with van der Waals surface area (Å²) in [6.45, 7) is 4.41. The second kappa shape index (κ2) is 6.87. The molecule has 0 atom stereocenters. The lowest BCUT2D eigenvalue weighted by Crippen LogP contribution is -2.44. The number of rotatable bonds is 4. The fourth-order valence-electron chi connectivity index (χ4n) is 4.12. The van der Waals surface area contributed by atoms with Crippen LogP contribution in [0.5, 0.6) is 5.75 Å². The first-order valence-electron chi connectivity index (χ1n) is 9.76. The maximum Gasteiger partial charge on any atom is 0.130 e. The molecule has 6 heteroatoms. The van der Waals surface area contributed by atoms with Crippen molar-refractivity contribution in [2.45, 2.75) is 6.42 Å². The Morgan fingerprint density at radius 2 is 1.93 bits per heavy atom. The minimum atomic E-state index is 0.835. The van der Waals surface area contributed by atoms with Crippen molar-refractivity contribution in [1.29, 1.82) is 0 Å². The average molecular weight is 375 g/mol. The van der Waals surface area contributed by atoms with Gasteiger partial charge in [-0.25, -0.2) is 0 Å². The number of ether oxygens (including phenoxy) is 1. The van der Waals surface area contributed by atoms with E-state index >= 15 is 0 Å². The highest BCUT2D eigenvalue weighted by Crippen LogP contribution is 2.41. The molecule has 2 aliphatic rings. The fraction of sp³-hybridized carbons (Fsp3) is 0.318. The second-order valence-corrected chi connectivity index (χ2v) is 7.59. The van der Waals surface area contributed by atoms with Crippen LogP contribution in [0.3, 0.4) is 0 Å². The Balaban J connectivity index is 1.39. The molecule has 0 bridgehead atoms. The summed E-state index contributed by atoms with van der Waals surface area (Å²) in [5.74, 6) is 1.79. The molecule has 0 amide bonds. The number of piperazine rings is 1. The zero-order valence-electron chi connectivity index (χ0n) is 16.3. The number of anilines is 3. The first-order valence-corrected chi connectivity index (χ1v) is 9.76. The predicted molar refractivity (Wildman–Crippen MR) is 113 cm³/mol. The minimum Gasteiger partial charge on any atom is -0.497 e. The van der Waals surface area contributed by atoms with E-state index < -0.39 is 0 Å². The number of methoxy groups -OCH3 is 1. The lowest BCUT2D eigenvalue weighted by atomic mass is 10.1. The number of nitrogens with zero attached hydrogens (tertiary/aromatic N) is 3. The lowest BCUT2D eigenvalue weighted by Gasteiger charge is -2.34. The molecule has 0 saturated carbocycles. The molecule has 0 radical (unpaired) electrons. The Kier molecular flexibility index (Phi) is 4.20. The molecule has 6 nitrogen and oxygen atoms in total. The monoisotopic (exact) mass is 375 g/mol. The highest BCUT2D eigenvalue weighted by Gasteiger charge is 2.26. The SMILES string of the molecule is COc1cccc(Nc2[nH]nc3c2Cc2cc(N4CCN(C)CC4)ccc2-3)c1. The van der Waals surface area contributed by atoms with E-state index in [9.17, 15) is 0 Å². The lowest BCUT2D eigenvalue weighted by molar-refractivity contribution is 0.313. The minimum absolute atomic E-state index is 0.835. The van der Waals surface area contributed by atoms with E-state index in [1.54, 1.807) is 7.11 Å². The summed E-state index contributed by atoms with van der Waals surface area (Å²) in [6.07, 6.45) is 0.898.